The van der Waals surface area contributed by atoms with E-state index < -0.39 is 0 Å². The molecule has 0 radical (unpaired) electrons. The smallest absolute Gasteiger partial charge is 0.242 e. The number of pyridine rings is 1. The largest absolute Gasteiger partial charge is 0.384 e. The Kier molecular flexibility index (Phi) is 5.37. The first-order valence-corrected chi connectivity index (χ1v) is 9.80. The first-order valence-electron chi connectivity index (χ1n) is 9.80. The predicted molar refractivity (Wildman–Crippen MR) is 114 cm³/mol. The van der Waals surface area contributed by atoms with E-state index in [1.54, 1.807) is 18.5 Å². The van der Waals surface area contributed by atoms with E-state index in [4.69, 9.17) is 10.7 Å². The minimum atomic E-state index is -0.326. The van der Waals surface area contributed by atoms with Crippen LogP contribution in [0.25, 0.3) is 22.4 Å². The molecule has 3 heterocycles. The average Bonchev–Trinajstić information content (AvgIpc) is 2.93. The maximum atomic E-state index is 12.3. The topological polar surface area (TPSA) is 106 Å². The Morgan fingerprint density at radius 2 is 1.83 bits per heavy atom. The van der Waals surface area contributed by atoms with Crippen LogP contribution in [0.3, 0.4) is 0 Å². The number of nitrogens with two attached hydrogens (primary N) is 1. The molecule has 0 bridgehead atoms. The van der Waals surface area contributed by atoms with E-state index in [-0.39, 0.29) is 11.9 Å². The second-order valence-electron chi connectivity index (χ2n) is 7.28. The van der Waals surface area contributed by atoms with Crippen molar-refractivity contribution in [2.45, 2.75) is 32.2 Å². The van der Waals surface area contributed by atoms with Crippen LogP contribution in [0, 0.1) is 6.92 Å². The molecule has 4 N–H and O–H groups in total. The fourth-order valence-electron chi connectivity index (χ4n) is 3.39. The third-order valence-corrected chi connectivity index (χ3v) is 5.05. The Bertz CT molecular complexity index is 1000. The number of hydrogen-bond acceptors (Lipinski definition) is 6. The highest BCUT2D eigenvalue weighted by Crippen LogP contribution is 2.31. The number of carbonyl (C=O) groups excluding carboxylic acids is 1. The number of benzene rings is 1. The fraction of sp³-hybridized carbons (Fsp3) is 0.273. The van der Waals surface area contributed by atoms with E-state index in [0.29, 0.717) is 11.8 Å². The fourth-order valence-corrected chi connectivity index (χ4v) is 3.39. The van der Waals surface area contributed by atoms with Crippen molar-refractivity contribution in [2.75, 3.05) is 17.6 Å². The van der Waals surface area contributed by atoms with Crippen molar-refractivity contribution in [2.24, 2.45) is 0 Å². The van der Waals surface area contributed by atoms with Crippen LogP contribution < -0.4 is 16.4 Å². The summed E-state index contributed by atoms with van der Waals surface area (Å²) in [6, 6.07) is 11.5. The monoisotopic (exact) mass is 388 g/mol. The van der Waals surface area contributed by atoms with Crippen LogP contribution in [0.15, 0.2) is 48.8 Å². The summed E-state index contributed by atoms with van der Waals surface area (Å²) in [7, 11) is 0. The third kappa shape index (κ3) is 4.34. The number of nitrogens with zero attached hydrogens (tertiary/aromatic N) is 3. The van der Waals surface area contributed by atoms with Crippen LogP contribution in [0.4, 0.5) is 11.8 Å². The molecule has 148 valence electrons. The SMILES string of the molecule is Cc1ccc(-c2nc(N[C@H]3CCCCNC3=O)ncc2-c2ccc(N)nc2)cc1. The number of aromatic nitrogens is 3. The van der Waals surface area contributed by atoms with Gasteiger partial charge in [0.1, 0.15) is 11.9 Å². The van der Waals surface area contributed by atoms with Gasteiger partial charge in [-0.05, 0) is 38.3 Å². The minimum absolute atomic E-state index is 0.00482. The summed E-state index contributed by atoms with van der Waals surface area (Å²) in [5.74, 6) is 0.897. The van der Waals surface area contributed by atoms with Gasteiger partial charge in [0.2, 0.25) is 11.9 Å². The first kappa shape index (κ1) is 18.9. The van der Waals surface area contributed by atoms with Crippen molar-refractivity contribution < 1.29 is 4.79 Å². The molecule has 1 aromatic carbocycles. The molecule has 1 amide bonds. The van der Waals surface area contributed by atoms with E-state index in [1.165, 1.54) is 5.56 Å². The molecule has 0 spiro atoms. The summed E-state index contributed by atoms with van der Waals surface area (Å²) in [6.07, 6.45) is 6.22. The van der Waals surface area contributed by atoms with Gasteiger partial charge in [-0.15, -0.1) is 0 Å². The van der Waals surface area contributed by atoms with Gasteiger partial charge < -0.3 is 16.4 Å². The molecule has 1 fully saturated rings. The molecule has 1 aliphatic heterocycles. The number of amides is 1. The van der Waals surface area contributed by atoms with E-state index in [0.717, 1.165) is 48.2 Å². The molecule has 7 heteroatoms. The number of hydrogen-bond donors (Lipinski definition) is 3. The quantitative estimate of drug-likeness (QED) is 0.634. The van der Waals surface area contributed by atoms with Crippen LogP contribution >= 0.6 is 0 Å². The number of aryl methyl sites for hydroxylation is 1. The Hall–Kier alpha value is -3.48. The lowest BCUT2D eigenvalue weighted by Crippen LogP contribution is -2.38. The number of carbonyl (C=O) groups is 1. The van der Waals surface area contributed by atoms with Crippen molar-refractivity contribution in [1.29, 1.82) is 0 Å². The molecule has 1 saturated heterocycles. The second-order valence-corrected chi connectivity index (χ2v) is 7.28. The molecule has 1 aliphatic rings. The number of anilines is 2. The molecule has 0 unspecified atom stereocenters. The Labute approximate surface area is 169 Å². The van der Waals surface area contributed by atoms with Gasteiger partial charge in [-0.1, -0.05) is 29.8 Å². The number of rotatable bonds is 4. The normalized spacial score (nSPS) is 16.7. The Morgan fingerprint density at radius 1 is 1.03 bits per heavy atom. The van der Waals surface area contributed by atoms with E-state index >= 15 is 0 Å². The zero-order chi connectivity index (χ0) is 20.2. The van der Waals surface area contributed by atoms with Crippen molar-refractivity contribution in [1.82, 2.24) is 20.3 Å². The Morgan fingerprint density at radius 3 is 2.59 bits per heavy atom. The molecule has 29 heavy (non-hydrogen) atoms. The lowest BCUT2D eigenvalue weighted by Gasteiger charge is -2.17. The van der Waals surface area contributed by atoms with Gasteiger partial charge in [-0.3, -0.25) is 4.79 Å². The predicted octanol–water partition coefficient (Wildman–Crippen LogP) is 3.18. The summed E-state index contributed by atoms with van der Waals surface area (Å²) in [4.78, 5) is 25.7. The number of nitrogen functional groups attached to an aromatic ring is 1. The van der Waals surface area contributed by atoms with Crippen molar-refractivity contribution in [3.05, 3.63) is 54.4 Å². The van der Waals surface area contributed by atoms with Crippen LogP contribution in [-0.4, -0.2) is 33.4 Å². The lowest BCUT2D eigenvalue weighted by molar-refractivity contribution is -0.121. The van der Waals surface area contributed by atoms with Crippen LogP contribution in [0.5, 0.6) is 0 Å². The highest BCUT2D eigenvalue weighted by atomic mass is 16.2. The lowest BCUT2D eigenvalue weighted by atomic mass is 10.0. The van der Waals surface area contributed by atoms with Crippen molar-refractivity contribution in [3.8, 4) is 22.4 Å². The van der Waals surface area contributed by atoms with Gasteiger partial charge in [0, 0.05) is 35.6 Å². The van der Waals surface area contributed by atoms with Crippen molar-refractivity contribution in [3.63, 3.8) is 0 Å². The third-order valence-electron chi connectivity index (χ3n) is 5.05. The van der Waals surface area contributed by atoms with Crippen LogP contribution in [-0.2, 0) is 4.79 Å². The molecule has 0 saturated carbocycles. The zero-order valence-corrected chi connectivity index (χ0v) is 16.4. The average molecular weight is 388 g/mol. The van der Waals surface area contributed by atoms with Crippen LogP contribution in [0.2, 0.25) is 0 Å². The highest BCUT2D eigenvalue weighted by molar-refractivity contribution is 5.85. The zero-order valence-electron chi connectivity index (χ0n) is 16.4. The van der Waals surface area contributed by atoms with Crippen molar-refractivity contribution >= 4 is 17.7 Å². The second kappa shape index (κ2) is 8.26. The van der Waals surface area contributed by atoms with E-state index in [9.17, 15) is 4.79 Å². The molecule has 2 aromatic heterocycles. The van der Waals surface area contributed by atoms with E-state index in [2.05, 4.69) is 20.6 Å². The molecule has 0 aliphatic carbocycles. The highest BCUT2D eigenvalue weighted by Gasteiger charge is 2.22. The number of nitrogens with one attached hydrogen (secondary N) is 2. The van der Waals surface area contributed by atoms with Gasteiger partial charge in [0.05, 0.1) is 5.69 Å². The Balaban J connectivity index is 1.73. The standard InChI is InChI=1S/C22H24N6O/c1-14-5-7-15(8-6-14)20-17(16-9-10-19(23)25-12-16)13-26-22(28-20)27-18-4-2-3-11-24-21(18)29/h5-10,12-13,18H,2-4,11H2,1H3,(H2,23,25)(H,24,29)(H,26,27,28)/t18-/m0/s1. The summed E-state index contributed by atoms with van der Waals surface area (Å²) >= 11 is 0. The molecular formula is C22H24N6O. The summed E-state index contributed by atoms with van der Waals surface area (Å²) in [6.45, 7) is 2.77. The summed E-state index contributed by atoms with van der Waals surface area (Å²) in [5, 5.41) is 6.14. The van der Waals surface area contributed by atoms with Gasteiger partial charge in [0.15, 0.2) is 0 Å². The van der Waals surface area contributed by atoms with Gasteiger partial charge in [-0.2, -0.15) is 0 Å². The first-order chi connectivity index (χ1) is 14.1. The van der Waals surface area contributed by atoms with E-state index in [1.807, 2.05) is 37.3 Å². The van der Waals surface area contributed by atoms with Gasteiger partial charge in [-0.25, -0.2) is 15.0 Å². The summed E-state index contributed by atoms with van der Waals surface area (Å²) in [5.41, 5.74) is 10.4. The van der Waals surface area contributed by atoms with Gasteiger partial charge in [0.25, 0.3) is 0 Å². The maximum absolute atomic E-state index is 12.3. The molecule has 7 nitrogen and oxygen atoms in total. The molecule has 1 atom stereocenters. The minimum Gasteiger partial charge on any atom is -0.384 e. The van der Waals surface area contributed by atoms with Crippen LogP contribution in [0.1, 0.15) is 24.8 Å². The molecule has 3 aromatic rings. The maximum Gasteiger partial charge on any atom is 0.242 e. The van der Waals surface area contributed by atoms with Gasteiger partial charge >= 0.3 is 0 Å². The molecule has 4 rings (SSSR count). The molecular weight excluding hydrogens is 364 g/mol. The summed E-state index contributed by atoms with van der Waals surface area (Å²) < 4.78 is 0.